The Balaban J connectivity index is 1.93. The normalized spacial score (nSPS) is 21.5. The molecule has 0 bridgehead atoms. The van der Waals surface area contributed by atoms with Gasteiger partial charge in [0.1, 0.15) is 5.75 Å². The Morgan fingerprint density at radius 3 is 2.71 bits per heavy atom. The van der Waals surface area contributed by atoms with Gasteiger partial charge in [0.25, 0.3) is 0 Å². The van der Waals surface area contributed by atoms with Crippen molar-refractivity contribution in [2.24, 2.45) is 0 Å². The molecule has 0 spiro atoms. The predicted molar refractivity (Wildman–Crippen MR) is 66.9 cm³/mol. The molecule has 90 valence electrons. The Kier molecular flexibility index (Phi) is 4.00. The van der Waals surface area contributed by atoms with Crippen molar-refractivity contribution >= 4 is 0 Å². The molecule has 0 N–H and O–H groups in total. The van der Waals surface area contributed by atoms with Crippen LogP contribution >= 0.6 is 0 Å². The summed E-state index contributed by atoms with van der Waals surface area (Å²) in [4.78, 5) is 2.35. The minimum Gasteiger partial charge on any atom is -0.490 e. The third-order valence-corrected chi connectivity index (χ3v) is 3.18. The van der Waals surface area contributed by atoms with Gasteiger partial charge in [0.2, 0.25) is 0 Å². The Morgan fingerprint density at radius 1 is 1.24 bits per heavy atom. The molecule has 1 heterocycles. The number of ether oxygens (including phenoxy) is 1. The van der Waals surface area contributed by atoms with E-state index in [4.69, 9.17) is 10.00 Å². The van der Waals surface area contributed by atoms with E-state index in [1.807, 2.05) is 12.1 Å². The van der Waals surface area contributed by atoms with E-state index in [1.165, 1.54) is 6.42 Å². The predicted octanol–water partition coefficient (Wildman–Crippen LogP) is 2.42. The first-order valence-corrected chi connectivity index (χ1v) is 6.13. The summed E-state index contributed by atoms with van der Waals surface area (Å²) in [6.07, 6.45) is 3.70. The van der Waals surface area contributed by atoms with Gasteiger partial charge in [0.05, 0.1) is 17.7 Å². The van der Waals surface area contributed by atoms with E-state index in [1.54, 1.807) is 12.1 Å². The average Bonchev–Trinajstić information content (AvgIpc) is 2.56. The quantitative estimate of drug-likeness (QED) is 0.783. The van der Waals surface area contributed by atoms with Crippen LogP contribution in [0.25, 0.3) is 0 Å². The fourth-order valence-electron chi connectivity index (χ4n) is 2.13. The van der Waals surface area contributed by atoms with E-state index in [0.717, 1.165) is 31.7 Å². The summed E-state index contributed by atoms with van der Waals surface area (Å²) in [7, 11) is 2.16. The van der Waals surface area contributed by atoms with Crippen molar-refractivity contribution in [2.75, 3.05) is 20.1 Å². The van der Waals surface area contributed by atoms with Gasteiger partial charge in [-0.1, -0.05) is 0 Å². The summed E-state index contributed by atoms with van der Waals surface area (Å²) >= 11 is 0. The number of benzene rings is 1. The van der Waals surface area contributed by atoms with Gasteiger partial charge < -0.3 is 9.64 Å². The fourth-order valence-corrected chi connectivity index (χ4v) is 2.13. The number of nitrogens with zero attached hydrogens (tertiary/aromatic N) is 2. The molecule has 1 aromatic rings. The summed E-state index contributed by atoms with van der Waals surface area (Å²) < 4.78 is 5.95. The highest BCUT2D eigenvalue weighted by Crippen LogP contribution is 2.19. The largest absolute Gasteiger partial charge is 0.490 e. The first-order valence-electron chi connectivity index (χ1n) is 6.13. The molecule has 0 amide bonds. The monoisotopic (exact) mass is 230 g/mol. The van der Waals surface area contributed by atoms with Gasteiger partial charge in [0, 0.05) is 6.54 Å². The van der Waals surface area contributed by atoms with E-state index >= 15 is 0 Å². The minimum absolute atomic E-state index is 0.313. The number of likely N-dealkylation sites (tertiary alicyclic amines) is 1. The number of hydrogen-bond acceptors (Lipinski definition) is 3. The maximum atomic E-state index is 8.72. The zero-order valence-corrected chi connectivity index (χ0v) is 10.2. The van der Waals surface area contributed by atoms with Crippen molar-refractivity contribution in [3.05, 3.63) is 29.8 Å². The van der Waals surface area contributed by atoms with Crippen LogP contribution in [0, 0.1) is 11.3 Å². The molecular formula is C14H18N2O. The summed E-state index contributed by atoms with van der Waals surface area (Å²) in [5.74, 6) is 0.874. The third kappa shape index (κ3) is 3.47. The van der Waals surface area contributed by atoms with E-state index in [-0.39, 0.29) is 0 Å². The average molecular weight is 230 g/mol. The lowest BCUT2D eigenvalue weighted by Crippen LogP contribution is -2.21. The maximum Gasteiger partial charge on any atom is 0.119 e. The molecule has 1 unspecified atom stereocenters. The summed E-state index contributed by atoms with van der Waals surface area (Å²) in [5, 5.41) is 8.72. The molecule has 0 radical (unpaired) electrons. The fraction of sp³-hybridized carbons (Fsp3) is 0.500. The van der Waals surface area contributed by atoms with Crippen molar-refractivity contribution in [2.45, 2.75) is 25.4 Å². The van der Waals surface area contributed by atoms with Crippen LogP contribution < -0.4 is 4.74 Å². The van der Waals surface area contributed by atoms with Crippen molar-refractivity contribution in [1.29, 1.82) is 5.26 Å². The topological polar surface area (TPSA) is 36.3 Å². The van der Waals surface area contributed by atoms with Crippen LogP contribution in [0.4, 0.5) is 0 Å². The van der Waals surface area contributed by atoms with Crippen molar-refractivity contribution in [3.8, 4) is 11.8 Å². The van der Waals surface area contributed by atoms with Gasteiger partial charge in [-0.15, -0.1) is 0 Å². The SMILES string of the molecule is CN1CCCC(Oc2ccc(C#N)cc2)CC1. The van der Waals surface area contributed by atoms with Crippen LogP contribution in [-0.2, 0) is 0 Å². The lowest BCUT2D eigenvalue weighted by atomic mass is 10.1. The lowest BCUT2D eigenvalue weighted by molar-refractivity contribution is 0.183. The molecule has 3 heteroatoms. The van der Waals surface area contributed by atoms with Crippen LogP contribution in [0.3, 0.4) is 0 Å². The van der Waals surface area contributed by atoms with Gasteiger partial charge in [0.15, 0.2) is 0 Å². The van der Waals surface area contributed by atoms with Gasteiger partial charge in [-0.05, 0) is 57.1 Å². The number of rotatable bonds is 2. The Hall–Kier alpha value is -1.53. The zero-order valence-electron chi connectivity index (χ0n) is 10.2. The summed E-state index contributed by atoms with van der Waals surface area (Å²) in [6.45, 7) is 2.26. The molecule has 1 aliphatic heterocycles. The van der Waals surface area contributed by atoms with Gasteiger partial charge in [-0.25, -0.2) is 0 Å². The van der Waals surface area contributed by atoms with E-state index in [0.29, 0.717) is 11.7 Å². The highest BCUT2D eigenvalue weighted by Gasteiger charge is 2.15. The smallest absolute Gasteiger partial charge is 0.119 e. The maximum absolute atomic E-state index is 8.72. The standard InChI is InChI=1S/C14H18N2O/c1-16-9-2-3-13(8-10-16)17-14-6-4-12(11-15)5-7-14/h4-7,13H,2-3,8-10H2,1H3. The van der Waals surface area contributed by atoms with Crippen molar-refractivity contribution < 1.29 is 4.74 Å². The molecule has 3 nitrogen and oxygen atoms in total. The zero-order chi connectivity index (χ0) is 12.1. The molecule has 0 aromatic heterocycles. The Morgan fingerprint density at radius 2 is 2.00 bits per heavy atom. The third-order valence-electron chi connectivity index (χ3n) is 3.18. The Labute approximate surface area is 103 Å². The van der Waals surface area contributed by atoms with Crippen LogP contribution in [0.5, 0.6) is 5.75 Å². The Bertz CT molecular complexity index is 394. The second-order valence-electron chi connectivity index (χ2n) is 4.61. The van der Waals surface area contributed by atoms with Gasteiger partial charge >= 0.3 is 0 Å². The van der Waals surface area contributed by atoms with Crippen LogP contribution in [0.1, 0.15) is 24.8 Å². The van der Waals surface area contributed by atoms with E-state index in [2.05, 4.69) is 18.0 Å². The van der Waals surface area contributed by atoms with Crippen LogP contribution in [-0.4, -0.2) is 31.1 Å². The minimum atomic E-state index is 0.313. The lowest BCUT2D eigenvalue weighted by Gasteiger charge is -2.17. The number of nitriles is 1. The second-order valence-corrected chi connectivity index (χ2v) is 4.61. The highest BCUT2D eigenvalue weighted by atomic mass is 16.5. The first kappa shape index (κ1) is 11.9. The molecule has 1 aliphatic rings. The van der Waals surface area contributed by atoms with E-state index in [9.17, 15) is 0 Å². The molecule has 1 atom stereocenters. The molecule has 0 aliphatic carbocycles. The van der Waals surface area contributed by atoms with Crippen LogP contribution in [0.15, 0.2) is 24.3 Å². The molecular weight excluding hydrogens is 212 g/mol. The van der Waals surface area contributed by atoms with Crippen molar-refractivity contribution in [1.82, 2.24) is 4.90 Å². The summed E-state index contributed by atoms with van der Waals surface area (Å²) in [6, 6.07) is 9.48. The van der Waals surface area contributed by atoms with Gasteiger partial charge in [-0.2, -0.15) is 5.26 Å². The molecule has 2 rings (SSSR count). The van der Waals surface area contributed by atoms with Crippen LogP contribution in [0.2, 0.25) is 0 Å². The van der Waals surface area contributed by atoms with E-state index < -0.39 is 0 Å². The van der Waals surface area contributed by atoms with Crippen molar-refractivity contribution in [3.63, 3.8) is 0 Å². The van der Waals surface area contributed by atoms with Gasteiger partial charge in [-0.3, -0.25) is 0 Å². The summed E-state index contributed by atoms with van der Waals surface area (Å²) in [5.41, 5.74) is 0.679. The molecule has 1 aromatic carbocycles. The molecule has 17 heavy (non-hydrogen) atoms. The first-order chi connectivity index (χ1) is 8.28. The molecule has 1 fully saturated rings. The molecule has 1 saturated heterocycles. The number of hydrogen-bond donors (Lipinski definition) is 0. The highest BCUT2D eigenvalue weighted by molar-refractivity contribution is 5.34. The molecule has 0 saturated carbocycles. The second kappa shape index (κ2) is 5.70.